The van der Waals surface area contributed by atoms with Gasteiger partial charge in [-0.25, -0.2) is 0 Å². The molecule has 0 radical (unpaired) electrons. The molecule has 108 valence electrons. The van der Waals surface area contributed by atoms with Crippen molar-refractivity contribution in [1.82, 2.24) is 4.90 Å². The minimum Gasteiger partial charge on any atom is -0.497 e. The summed E-state index contributed by atoms with van der Waals surface area (Å²) >= 11 is 0. The van der Waals surface area contributed by atoms with Crippen LogP contribution in [-0.4, -0.2) is 43.9 Å². The van der Waals surface area contributed by atoms with Gasteiger partial charge >= 0.3 is 0 Å². The summed E-state index contributed by atoms with van der Waals surface area (Å²) in [5.41, 5.74) is 0.627. The fourth-order valence-corrected chi connectivity index (χ4v) is 2.29. The van der Waals surface area contributed by atoms with Crippen LogP contribution in [0.1, 0.15) is 18.4 Å². The van der Waals surface area contributed by atoms with E-state index in [-0.39, 0.29) is 17.7 Å². The van der Waals surface area contributed by atoms with Crippen molar-refractivity contribution in [1.29, 1.82) is 10.8 Å². The highest BCUT2D eigenvalue weighted by atomic mass is 16.5. The highest BCUT2D eigenvalue weighted by Gasteiger charge is 2.23. The molecule has 0 saturated carbocycles. The normalized spacial score (nSPS) is 16.7. The Bertz CT molecular complexity index is 494. The van der Waals surface area contributed by atoms with Crippen LogP contribution in [0.4, 0.5) is 0 Å². The van der Waals surface area contributed by atoms with E-state index in [1.165, 1.54) is 0 Å². The van der Waals surface area contributed by atoms with Gasteiger partial charge in [0.2, 0.25) is 5.90 Å². The van der Waals surface area contributed by atoms with Gasteiger partial charge in [-0.2, -0.15) is 0 Å². The van der Waals surface area contributed by atoms with E-state index >= 15 is 0 Å². The van der Waals surface area contributed by atoms with Crippen LogP contribution < -0.4 is 4.74 Å². The third-order valence-electron chi connectivity index (χ3n) is 3.63. The van der Waals surface area contributed by atoms with E-state index in [0.29, 0.717) is 11.3 Å². The lowest BCUT2D eigenvalue weighted by Gasteiger charge is -2.28. The van der Waals surface area contributed by atoms with Gasteiger partial charge < -0.3 is 14.4 Å². The van der Waals surface area contributed by atoms with Crippen molar-refractivity contribution in [2.24, 2.45) is 5.92 Å². The number of benzene rings is 1. The van der Waals surface area contributed by atoms with Crippen molar-refractivity contribution >= 4 is 11.8 Å². The van der Waals surface area contributed by atoms with Gasteiger partial charge in [0.05, 0.1) is 7.11 Å². The Kier molecular flexibility index (Phi) is 4.74. The maximum Gasteiger partial charge on any atom is 0.221 e. The number of hydrogen-bond donors (Lipinski definition) is 2. The van der Waals surface area contributed by atoms with Gasteiger partial charge in [0.15, 0.2) is 5.90 Å². The summed E-state index contributed by atoms with van der Waals surface area (Å²) in [6.45, 7) is 1.95. The van der Waals surface area contributed by atoms with E-state index in [1.54, 1.807) is 19.2 Å². The molecule has 1 aliphatic rings. The van der Waals surface area contributed by atoms with E-state index in [2.05, 4.69) is 11.9 Å². The van der Waals surface area contributed by atoms with E-state index in [0.717, 1.165) is 25.9 Å². The van der Waals surface area contributed by atoms with Gasteiger partial charge in [0, 0.05) is 11.5 Å². The van der Waals surface area contributed by atoms with Gasteiger partial charge in [0.1, 0.15) is 5.75 Å². The van der Waals surface area contributed by atoms with Gasteiger partial charge in [-0.3, -0.25) is 10.8 Å². The summed E-state index contributed by atoms with van der Waals surface area (Å²) in [6.07, 6.45) is 1.83. The van der Waals surface area contributed by atoms with Crippen LogP contribution in [0.3, 0.4) is 0 Å². The summed E-state index contributed by atoms with van der Waals surface area (Å²) in [4.78, 5) is 2.25. The van der Waals surface area contributed by atoms with E-state index in [9.17, 15) is 0 Å². The van der Waals surface area contributed by atoms with Crippen molar-refractivity contribution in [2.45, 2.75) is 12.8 Å². The molecule has 0 amide bonds. The summed E-state index contributed by atoms with van der Waals surface area (Å²) < 4.78 is 10.5. The third-order valence-corrected chi connectivity index (χ3v) is 3.63. The molecule has 1 aliphatic heterocycles. The number of likely N-dealkylation sites (tertiary alicyclic amines) is 1. The average molecular weight is 275 g/mol. The second-order valence-corrected chi connectivity index (χ2v) is 5.10. The van der Waals surface area contributed by atoms with Crippen molar-refractivity contribution < 1.29 is 9.47 Å². The van der Waals surface area contributed by atoms with Crippen LogP contribution >= 0.6 is 0 Å². The van der Waals surface area contributed by atoms with Gasteiger partial charge in [-0.15, -0.1) is 0 Å². The van der Waals surface area contributed by atoms with E-state index < -0.39 is 0 Å². The van der Waals surface area contributed by atoms with Crippen LogP contribution in [0, 0.1) is 16.7 Å². The lowest BCUT2D eigenvalue weighted by Crippen LogP contribution is -2.34. The van der Waals surface area contributed by atoms with Gasteiger partial charge in [0.25, 0.3) is 0 Å². The Morgan fingerprint density at radius 2 is 1.95 bits per heavy atom. The molecule has 1 aromatic rings. The Balaban J connectivity index is 1.95. The smallest absolute Gasteiger partial charge is 0.221 e. The lowest BCUT2D eigenvalue weighted by atomic mass is 9.97. The fraction of sp³-hybridized carbons (Fsp3) is 0.467. The molecule has 0 aromatic heterocycles. The van der Waals surface area contributed by atoms with Crippen LogP contribution in [0.5, 0.6) is 5.75 Å². The van der Waals surface area contributed by atoms with Crippen molar-refractivity contribution in [3.63, 3.8) is 0 Å². The molecular weight excluding hydrogens is 254 g/mol. The molecule has 0 aliphatic carbocycles. The monoisotopic (exact) mass is 275 g/mol. The number of methoxy groups -OCH3 is 1. The molecule has 20 heavy (non-hydrogen) atoms. The molecule has 1 heterocycles. The Morgan fingerprint density at radius 1 is 1.25 bits per heavy atom. The summed E-state index contributed by atoms with van der Waals surface area (Å²) in [7, 11) is 3.67. The lowest BCUT2D eigenvalue weighted by molar-refractivity contribution is 0.240. The predicted octanol–water partition coefficient (Wildman–Crippen LogP) is 2.36. The largest absolute Gasteiger partial charge is 0.497 e. The van der Waals surface area contributed by atoms with Gasteiger partial charge in [-0.05, 0) is 51.2 Å². The van der Waals surface area contributed by atoms with Crippen molar-refractivity contribution in [3.8, 4) is 5.75 Å². The molecule has 0 atom stereocenters. The maximum atomic E-state index is 8.01. The van der Waals surface area contributed by atoms with Crippen molar-refractivity contribution in [3.05, 3.63) is 29.8 Å². The molecule has 5 nitrogen and oxygen atoms in total. The molecule has 0 bridgehead atoms. The number of nitrogens with zero attached hydrogens (tertiary/aromatic N) is 1. The fourth-order valence-electron chi connectivity index (χ4n) is 2.29. The molecule has 1 fully saturated rings. The topological polar surface area (TPSA) is 69.4 Å². The Morgan fingerprint density at radius 3 is 2.60 bits per heavy atom. The summed E-state index contributed by atoms with van der Waals surface area (Å²) in [5, 5.41) is 16.0. The first-order valence-corrected chi connectivity index (χ1v) is 6.78. The van der Waals surface area contributed by atoms with Crippen LogP contribution in [-0.2, 0) is 4.74 Å². The molecule has 1 saturated heterocycles. The quantitative estimate of drug-likeness (QED) is 0.657. The average Bonchev–Trinajstić information content (AvgIpc) is 2.47. The zero-order chi connectivity index (χ0) is 14.5. The minimum atomic E-state index is 0.00725. The summed E-state index contributed by atoms with van der Waals surface area (Å²) in [5.74, 6) is 1.01. The molecule has 1 aromatic carbocycles. The number of hydrogen-bond acceptors (Lipinski definition) is 5. The highest BCUT2D eigenvalue weighted by molar-refractivity contribution is 5.99. The number of nitrogens with one attached hydrogen (secondary N) is 2. The first kappa shape index (κ1) is 14.5. The zero-order valence-electron chi connectivity index (χ0n) is 12.0. The van der Waals surface area contributed by atoms with Crippen LogP contribution in [0.15, 0.2) is 24.3 Å². The number of piperidine rings is 1. The van der Waals surface area contributed by atoms with Crippen LogP contribution in [0.2, 0.25) is 0 Å². The second kappa shape index (κ2) is 6.52. The standard InChI is InChI=1S/C15H21N3O2/c1-18-8-6-11(7-9-18)14(16)20-15(17)12-4-3-5-13(10-12)19-2/h3-5,10-11,16-17H,6-9H2,1-2H3. The van der Waals surface area contributed by atoms with Gasteiger partial charge in [-0.1, -0.05) is 6.07 Å². The predicted molar refractivity (Wildman–Crippen MR) is 78.9 cm³/mol. The number of rotatable bonds is 3. The first-order valence-electron chi connectivity index (χ1n) is 6.78. The zero-order valence-corrected chi connectivity index (χ0v) is 12.0. The highest BCUT2D eigenvalue weighted by Crippen LogP contribution is 2.19. The Hall–Kier alpha value is -1.88. The minimum absolute atomic E-state index is 0.00725. The molecule has 0 unspecified atom stereocenters. The maximum absolute atomic E-state index is 8.01. The molecule has 2 N–H and O–H groups in total. The van der Waals surface area contributed by atoms with E-state index in [4.69, 9.17) is 20.3 Å². The molecule has 0 spiro atoms. The summed E-state index contributed by atoms with van der Waals surface area (Å²) in [6, 6.07) is 7.15. The van der Waals surface area contributed by atoms with Crippen molar-refractivity contribution in [2.75, 3.05) is 27.2 Å². The van der Waals surface area contributed by atoms with Crippen LogP contribution in [0.25, 0.3) is 0 Å². The first-order chi connectivity index (χ1) is 9.60. The SMILES string of the molecule is COc1cccc(C(=N)OC(=N)C2CCN(C)CC2)c1. The second-order valence-electron chi connectivity index (χ2n) is 5.10. The Labute approximate surface area is 119 Å². The molecular formula is C15H21N3O2. The van der Waals surface area contributed by atoms with E-state index in [1.807, 2.05) is 12.1 Å². The molecule has 5 heteroatoms. The number of ether oxygens (including phenoxy) is 2. The molecule has 2 rings (SSSR count). The third kappa shape index (κ3) is 3.57.